The second-order valence-corrected chi connectivity index (χ2v) is 4.49. The molecule has 5 heteroatoms. The molecular formula is C12H20N4O. The number of anilines is 2. The first kappa shape index (κ1) is 12.0. The molecular weight excluding hydrogens is 216 g/mol. The van der Waals surface area contributed by atoms with Crippen molar-refractivity contribution < 1.29 is 4.79 Å². The number of rotatable bonds is 2. The molecule has 0 radical (unpaired) electrons. The van der Waals surface area contributed by atoms with Gasteiger partial charge in [0, 0.05) is 25.6 Å². The summed E-state index contributed by atoms with van der Waals surface area (Å²) in [5.41, 5.74) is 1.77. The van der Waals surface area contributed by atoms with Crippen molar-refractivity contribution in [2.24, 2.45) is 0 Å². The highest BCUT2D eigenvalue weighted by molar-refractivity contribution is 5.96. The van der Waals surface area contributed by atoms with Crippen LogP contribution in [0.5, 0.6) is 0 Å². The summed E-state index contributed by atoms with van der Waals surface area (Å²) in [5, 5.41) is 7.46. The summed E-state index contributed by atoms with van der Waals surface area (Å²) in [6, 6.07) is 0.211. The molecule has 0 saturated carbocycles. The van der Waals surface area contributed by atoms with E-state index in [1.807, 2.05) is 11.6 Å². The maximum Gasteiger partial charge on any atom is 0.226 e. The van der Waals surface area contributed by atoms with Crippen LogP contribution >= 0.6 is 0 Å². The van der Waals surface area contributed by atoms with Crippen molar-refractivity contribution in [3.63, 3.8) is 0 Å². The van der Waals surface area contributed by atoms with Gasteiger partial charge >= 0.3 is 0 Å². The molecule has 0 fully saturated rings. The summed E-state index contributed by atoms with van der Waals surface area (Å²) < 4.78 is 1.97. The average Bonchev–Trinajstić information content (AvgIpc) is 2.51. The van der Waals surface area contributed by atoms with E-state index in [4.69, 9.17) is 0 Å². The molecule has 5 nitrogen and oxygen atoms in total. The number of carbonyl (C=O) groups excluding carboxylic acids is 1. The molecule has 1 aliphatic rings. The van der Waals surface area contributed by atoms with Gasteiger partial charge in [0.1, 0.15) is 5.69 Å². The highest BCUT2D eigenvalue weighted by atomic mass is 16.1. The lowest BCUT2D eigenvalue weighted by Crippen LogP contribution is -2.35. The maximum atomic E-state index is 11.8. The first-order chi connectivity index (χ1) is 8.08. The third-order valence-corrected chi connectivity index (χ3v) is 3.29. The molecule has 2 rings (SSSR count). The highest BCUT2D eigenvalue weighted by Crippen LogP contribution is 2.33. The topological polar surface area (TPSA) is 50.2 Å². The van der Waals surface area contributed by atoms with Crippen molar-refractivity contribution in [1.29, 1.82) is 0 Å². The van der Waals surface area contributed by atoms with Crippen LogP contribution in [0.15, 0.2) is 0 Å². The molecule has 0 aromatic carbocycles. The lowest BCUT2D eigenvalue weighted by Gasteiger charge is -2.28. The number of fused-ring (bicyclic) bond motifs is 1. The van der Waals surface area contributed by atoms with E-state index in [0.29, 0.717) is 6.42 Å². The van der Waals surface area contributed by atoms with Crippen LogP contribution in [0.3, 0.4) is 0 Å². The Balaban J connectivity index is 2.57. The van der Waals surface area contributed by atoms with E-state index in [2.05, 4.69) is 36.1 Å². The molecule has 0 aliphatic carbocycles. The number of hydrogen-bond donors (Lipinski definition) is 1. The first-order valence-electron chi connectivity index (χ1n) is 6.22. The van der Waals surface area contributed by atoms with E-state index < -0.39 is 0 Å². The van der Waals surface area contributed by atoms with Crippen molar-refractivity contribution in [2.75, 3.05) is 16.8 Å². The van der Waals surface area contributed by atoms with Crippen molar-refractivity contribution in [1.82, 2.24) is 9.78 Å². The molecule has 0 spiro atoms. The normalized spacial score (nSPS) is 19.9. The summed E-state index contributed by atoms with van der Waals surface area (Å²) >= 11 is 0. The van der Waals surface area contributed by atoms with Crippen LogP contribution in [-0.2, 0) is 11.3 Å². The largest absolute Gasteiger partial charge is 0.352 e. The number of aromatic nitrogens is 2. The fourth-order valence-corrected chi connectivity index (χ4v) is 2.47. The molecule has 1 aliphatic heterocycles. The summed E-state index contributed by atoms with van der Waals surface area (Å²) in [7, 11) is 0. The predicted molar refractivity (Wildman–Crippen MR) is 68.4 cm³/mol. The molecule has 0 saturated heterocycles. The molecule has 0 bridgehead atoms. The van der Waals surface area contributed by atoms with Crippen LogP contribution in [0.25, 0.3) is 0 Å². The Morgan fingerprint density at radius 1 is 1.41 bits per heavy atom. The minimum Gasteiger partial charge on any atom is -0.352 e. The Morgan fingerprint density at radius 2 is 2.12 bits per heavy atom. The highest BCUT2D eigenvalue weighted by Gasteiger charge is 2.29. The lowest BCUT2D eigenvalue weighted by molar-refractivity contribution is -0.116. The number of nitrogens with zero attached hydrogens (tertiary/aromatic N) is 3. The third kappa shape index (κ3) is 1.90. The zero-order chi connectivity index (χ0) is 12.6. The predicted octanol–water partition coefficient (Wildman–Crippen LogP) is 1.77. The van der Waals surface area contributed by atoms with Crippen LogP contribution in [0, 0.1) is 6.92 Å². The van der Waals surface area contributed by atoms with Gasteiger partial charge in [-0.15, -0.1) is 0 Å². The fraction of sp³-hybridized carbons (Fsp3) is 0.667. The van der Waals surface area contributed by atoms with E-state index in [9.17, 15) is 4.79 Å². The van der Waals surface area contributed by atoms with Gasteiger partial charge < -0.3 is 10.2 Å². The van der Waals surface area contributed by atoms with E-state index >= 15 is 0 Å². The number of nitrogens with one attached hydrogen (secondary N) is 1. The van der Waals surface area contributed by atoms with Crippen molar-refractivity contribution in [2.45, 2.75) is 46.7 Å². The Bertz CT molecular complexity index is 438. The monoisotopic (exact) mass is 236 g/mol. The van der Waals surface area contributed by atoms with Gasteiger partial charge in [-0.3, -0.25) is 4.79 Å². The zero-order valence-corrected chi connectivity index (χ0v) is 10.9. The van der Waals surface area contributed by atoms with E-state index in [0.717, 1.165) is 30.3 Å². The number of aryl methyl sites for hydroxylation is 2. The Labute approximate surface area is 102 Å². The maximum absolute atomic E-state index is 11.8. The third-order valence-electron chi connectivity index (χ3n) is 3.29. The van der Waals surface area contributed by atoms with Crippen LogP contribution in [-0.4, -0.2) is 28.3 Å². The van der Waals surface area contributed by atoms with Crippen LogP contribution in [0.4, 0.5) is 11.5 Å². The van der Waals surface area contributed by atoms with Gasteiger partial charge in [0.05, 0.1) is 5.69 Å². The fourth-order valence-electron chi connectivity index (χ4n) is 2.47. The molecule has 2 heterocycles. The van der Waals surface area contributed by atoms with Gasteiger partial charge in [0.2, 0.25) is 5.91 Å². The lowest BCUT2D eigenvalue weighted by atomic mass is 10.2. The van der Waals surface area contributed by atoms with Gasteiger partial charge in [-0.05, 0) is 27.7 Å². The van der Waals surface area contributed by atoms with Gasteiger partial charge in [-0.2, -0.15) is 5.10 Å². The first-order valence-corrected chi connectivity index (χ1v) is 6.22. The molecule has 1 amide bonds. The number of carbonyl (C=O) groups is 1. The van der Waals surface area contributed by atoms with E-state index in [1.165, 1.54) is 0 Å². The van der Waals surface area contributed by atoms with Crippen molar-refractivity contribution >= 4 is 17.4 Å². The molecule has 1 aromatic rings. The Kier molecular flexibility index (Phi) is 3.09. The molecule has 94 valence electrons. The summed E-state index contributed by atoms with van der Waals surface area (Å²) in [4.78, 5) is 14.0. The Morgan fingerprint density at radius 3 is 2.71 bits per heavy atom. The summed E-state index contributed by atoms with van der Waals surface area (Å²) in [5.74, 6) is 1.12. The van der Waals surface area contributed by atoms with Crippen LogP contribution in [0.2, 0.25) is 0 Å². The van der Waals surface area contributed by atoms with Gasteiger partial charge in [-0.1, -0.05) is 0 Å². The molecule has 1 N–H and O–H groups in total. The summed E-state index contributed by atoms with van der Waals surface area (Å²) in [6.07, 6.45) is 0.533. The van der Waals surface area contributed by atoms with Gasteiger partial charge in [0.25, 0.3) is 0 Å². The number of hydrogen-bond acceptors (Lipinski definition) is 3. The molecule has 1 aromatic heterocycles. The molecule has 1 unspecified atom stereocenters. The Hall–Kier alpha value is -1.52. The van der Waals surface area contributed by atoms with Gasteiger partial charge in [-0.25, -0.2) is 4.68 Å². The van der Waals surface area contributed by atoms with Crippen LogP contribution in [0.1, 0.15) is 32.9 Å². The average molecular weight is 236 g/mol. The van der Waals surface area contributed by atoms with E-state index in [-0.39, 0.29) is 11.9 Å². The second-order valence-electron chi connectivity index (χ2n) is 4.49. The number of amides is 1. The minimum atomic E-state index is 0.0773. The SMILES string of the molecule is CCN1c2c(c(C)nn2CC)NC(=O)CC1C. The molecule has 1 atom stereocenters. The molecule has 17 heavy (non-hydrogen) atoms. The smallest absolute Gasteiger partial charge is 0.226 e. The second kappa shape index (κ2) is 4.39. The van der Waals surface area contributed by atoms with E-state index in [1.54, 1.807) is 0 Å². The van der Waals surface area contributed by atoms with Crippen LogP contribution < -0.4 is 10.2 Å². The van der Waals surface area contributed by atoms with Gasteiger partial charge in [0.15, 0.2) is 5.82 Å². The van der Waals surface area contributed by atoms with Crippen molar-refractivity contribution in [3.8, 4) is 0 Å². The van der Waals surface area contributed by atoms with Crippen molar-refractivity contribution in [3.05, 3.63) is 5.69 Å². The standard InChI is InChI=1S/C12H20N4O/c1-5-15-8(3)7-10(17)13-11-9(4)14-16(6-2)12(11)15/h8H,5-7H2,1-4H3,(H,13,17). The quantitative estimate of drug-likeness (QED) is 0.851. The zero-order valence-electron chi connectivity index (χ0n) is 10.9. The summed E-state index contributed by atoms with van der Waals surface area (Å²) in [6.45, 7) is 9.90. The minimum absolute atomic E-state index is 0.0773.